The number of aromatic hydroxyl groups is 2. The van der Waals surface area contributed by atoms with E-state index in [1.165, 1.54) is 0 Å². The number of phenols is 2. The quantitative estimate of drug-likeness (QED) is 0.166. The standard InChI is InChI=1S/C46H56N2O4.Pt/c1-43(2,3)23-27-13-15-35(49)31(17-27)33-19-29(25-45(7,8)9)21-37-39(33)47-41(51-37)42-48-40-34(20-30(22-38(40)52-42)26-46(10,11)12)32-18-28(14-16-36(32)50)24-44(4,5)6;/h13-22,49-50H,23-26H2,1-12H3;. The Hall–Kier alpha value is -3.89. The smallest absolute Gasteiger partial charge is 0.284 e. The van der Waals surface area contributed by atoms with Crippen LogP contribution in [0, 0.1) is 21.7 Å². The number of hydrogen-bond acceptors (Lipinski definition) is 6. The van der Waals surface area contributed by atoms with Gasteiger partial charge in [-0.3, -0.25) is 0 Å². The van der Waals surface area contributed by atoms with E-state index in [0.29, 0.717) is 22.2 Å². The van der Waals surface area contributed by atoms with Crippen molar-refractivity contribution in [2.75, 3.05) is 0 Å². The Morgan fingerprint density at radius 1 is 0.434 bits per heavy atom. The maximum atomic E-state index is 11.2. The molecule has 6 aromatic rings. The van der Waals surface area contributed by atoms with Gasteiger partial charge < -0.3 is 19.0 Å². The molecule has 0 fully saturated rings. The Labute approximate surface area is 329 Å². The van der Waals surface area contributed by atoms with Gasteiger partial charge in [-0.1, -0.05) is 95.2 Å². The molecule has 0 unspecified atom stereocenters. The van der Waals surface area contributed by atoms with Gasteiger partial charge in [0, 0.05) is 43.3 Å². The normalized spacial score (nSPS) is 12.8. The second kappa shape index (κ2) is 14.4. The summed E-state index contributed by atoms with van der Waals surface area (Å²) in [5.74, 6) is 0.921. The molecule has 0 saturated carbocycles. The summed E-state index contributed by atoms with van der Waals surface area (Å²) in [7, 11) is 0. The zero-order valence-electron chi connectivity index (χ0n) is 33.5. The number of fused-ring (bicyclic) bond motifs is 2. The maximum absolute atomic E-state index is 11.2. The van der Waals surface area contributed by atoms with Crippen LogP contribution in [0.15, 0.2) is 69.5 Å². The first-order valence-corrected chi connectivity index (χ1v) is 18.5. The van der Waals surface area contributed by atoms with Gasteiger partial charge in [0.15, 0.2) is 11.2 Å². The Bertz CT molecular complexity index is 2110. The molecule has 284 valence electrons. The van der Waals surface area contributed by atoms with Crippen LogP contribution in [0.25, 0.3) is 56.2 Å². The number of nitrogens with zero attached hydrogens (tertiary/aromatic N) is 2. The third-order valence-corrected chi connectivity index (χ3v) is 8.93. The summed E-state index contributed by atoms with van der Waals surface area (Å²) in [5.41, 5.74) is 10.3. The van der Waals surface area contributed by atoms with Gasteiger partial charge in [0.05, 0.1) is 0 Å². The third-order valence-electron chi connectivity index (χ3n) is 8.93. The number of oxazole rings is 2. The minimum Gasteiger partial charge on any atom is -0.507 e. The van der Waals surface area contributed by atoms with Crippen molar-refractivity contribution in [2.24, 2.45) is 21.7 Å². The van der Waals surface area contributed by atoms with Gasteiger partial charge in [-0.25, -0.2) is 9.97 Å². The molecule has 4 aromatic carbocycles. The largest absolute Gasteiger partial charge is 0.507 e. The second-order valence-electron chi connectivity index (χ2n) is 19.7. The Morgan fingerprint density at radius 2 is 0.736 bits per heavy atom. The number of phenolic OH excluding ortho intramolecular Hbond substituents is 2. The minimum atomic E-state index is 0. The molecule has 6 nitrogen and oxygen atoms in total. The Morgan fingerprint density at radius 3 is 1.06 bits per heavy atom. The summed E-state index contributed by atoms with van der Waals surface area (Å²) in [4.78, 5) is 10.0. The minimum absolute atomic E-state index is 0. The van der Waals surface area contributed by atoms with Crippen molar-refractivity contribution < 1.29 is 40.1 Å². The third kappa shape index (κ3) is 9.81. The number of rotatable bonds is 7. The van der Waals surface area contributed by atoms with E-state index in [1.54, 1.807) is 12.1 Å². The molecule has 2 aromatic heterocycles. The molecule has 2 N–H and O–H groups in total. The SMILES string of the molecule is CC(C)(C)Cc1ccc(O)c(-c2cc(CC(C)(C)C)cc3oc(-c4nc5c(-c6cc(CC(C)(C)C)ccc6O)cc(CC(C)(C)C)cc5o4)nc23)c1.[Pt]. The van der Waals surface area contributed by atoms with Gasteiger partial charge >= 0.3 is 0 Å². The van der Waals surface area contributed by atoms with E-state index in [4.69, 9.17) is 18.8 Å². The van der Waals surface area contributed by atoms with E-state index in [1.807, 2.05) is 24.3 Å². The van der Waals surface area contributed by atoms with Gasteiger partial charge in [0.1, 0.15) is 22.5 Å². The molecule has 0 bridgehead atoms. The van der Waals surface area contributed by atoms with Crippen molar-refractivity contribution in [1.82, 2.24) is 9.97 Å². The van der Waals surface area contributed by atoms with E-state index >= 15 is 0 Å². The van der Waals surface area contributed by atoms with Gasteiger partial charge in [-0.05, 0) is 118 Å². The Kier molecular flexibility index (Phi) is 10.9. The van der Waals surface area contributed by atoms with Gasteiger partial charge in [0.2, 0.25) is 0 Å². The Balaban J connectivity index is 0.00000541. The van der Waals surface area contributed by atoms with Gasteiger partial charge in [-0.2, -0.15) is 0 Å². The van der Waals surface area contributed by atoms with Crippen molar-refractivity contribution in [2.45, 2.75) is 109 Å². The van der Waals surface area contributed by atoms with E-state index in [0.717, 1.165) is 70.2 Å². The van der Waals surface area contributed by atoms with Crippen LogP contribution in [-0.4, -0.2) is 20.2 Å². The molecule has 0 saturated heterocycles. The van der Waals surface area contributed by atoms with Crippen LogP contribution >= 0.6 is 0 Å². The average molecular weight is 896 g/mol. The van der Waals surface area contributed by atoms with Crippen molar-refractivity contribution in [3.63, 3.8) is 0 Å². The van der Waals surface area contributed by atoms with Crippen LogP contribution in [0.4, 0.5) is 0 Å². The predicted molar refractivity (Wildman–Crippen MR) is 214 cm³/mol. The molecule has 0 amide bonds. The first-order valence-electron chi connectivity index (χ1n) is 18.5. The maximum Gasteiger partial charge on any atom is 0.284 e. The summed E-state index contributed by atoms with van der Waals surface area (Å²) in [5, 5.41) is 22.5. The van der Waals surface area contributed by atoms with E-state index in [9.17, 15) is 10.2 Å². The molecule has 6 rings (SSSR count). The molecule has 0 aliphatic heterocycles. The summed E-state index contributed by atoms with van der Waals surface area (Å²) in [6, 6.07) is 20.1. The van der Waals surface area contributed by atoms with Crippen molar-refractivity contribution >= 4 is 22.2 Å². The fourth-order valence-corrected chi connectivity index (χ4v) is 7.24. The van der Waals surface area contributed by atoms with Gasteiger partial charge in [-0.15, -0.1) is 0 Å². The van der Waals surface area contributed by atoms with Crippen LogP contribution in [-0.2, 0) is 46.7 Å². The fraction of sp³-hybridized carbons (Fsp3) is 0.435. The van der Waals surface area contributed by atoms with Crippen molar-refractivity contribution in [1.29, 1.82) is 0 Å². The molecular formula is C46H56N2O4Pt. The fourth-order valence-electron chi connectivity index (χ4n) is 7.24. The zero-order valence-corrected chi connectivity index (χ0v) is 35.8. The van der Waals surface area contributed by atoms with E-state index in [2.05, 4.69) is 107 Å². The van der Waals surface area contributed by atoms with E-state index < -0.39 is 0 Å². The number of hydrogen-bond donors (Lipinski definition) is 2. The molecule has 7 heteroatoms. The molecule has 0 atom stereocenters. The number of aromatic nitrogens is 2. The topological polar surface area (TPSA) is 92.5 Å². The predicted octanol–water partition coefficient (Wildman–Crippen LogP) is 12.7. The number of benzene rings is 4. The summed E-state index contributed by atoms with van der Waals surface area (Å²) < 4.78 is 13.0. The van der Waals surface area contributed by atoms with E-state index in [-0.39, 0.29) is 66.0 Å². The molecule has 53 heavy (non-hydrogen) atoms. The zero-order chi connectivity index (χ0) is 38.0. The molecule has 0 aliphatic rings. The van der Waals surface area contributed by atoms with Crippen molar-refractivity contribution in [3.8, 4) is 45.5 Å². The molecular weight excluding hydrogens is 840 g/mol. The average Bonchev–Trinajstić information content (AvgIpc) is 3.60. The second-order valence-corrected chi connectivity index (χ2v) is 19.7. The van der Waals surface area contributed by atoms with Crippen LogP contribution < -0.4 is 0 Å². The first kappa shape index (κ1) is 40.3. The molecule has 0 aliphatic carbocycles. The molecule has 0 radical (unpaired) electrons. The van der Waals surface area contributed by atoms with Crippen LogP contribution in [0.1, 0.15) is 105 Å². The summed E-state index contributed by atoms with van der Waals surface area (Å²) >= 11 is 0. The molecule has 0 spiro atoms. The monoisotopic (exact) mass is 895 g/mol. The summed E-state index contributed by atoms with van der Waals surface area (Å²) in [6.07, 6.45) is 3.36. The van der Waals surface area contributed by atoms with Crippen molar-refractivity contribution in [3.05, 3.63) is 82.9 Å². The van der Waals surface area contributed by atoms with Gasteiger partial charge in [0.25, 0.3) is 11.8 Å². The molecule has 2 heterocycles. The first-order chi connectivity index (χ1) is 24.0. The van der Waals surface area contributed by atoms with Crippen LogP contribution in [0.5, 0.6) is 11.5 Å². The van der Waals surface area contributed by atoms with Crippen LogP contribution in [0.2, 0.25) is 0 Å². The van der Waals surface area contributed by atoms with Crippen LogP contribution in [0.3, 0.4) is 0 Å². The summed E-state index contributed by atoms with van der Waals surface area (Å²) in [6.45, 7) is 26.6.